The number of hydrazine groups is 1. The average molecular weight is 383 g/mol. The Hall–Kier alpha value is -3.22. The van der Waals surface area contributed by atoms with Gasteiger partial charge in [-0.25, -0.2) is 5.01 Å². The van der Waals surface area contributed by atoms with Crippen LogP contribution in [0.5, 0.6) is 0 Å². The van der Waals surface area contributed by atoms with Crippen molar-refractivity contribution in [2.45, 2.75) is 47.1 Å². The molecule has 0 bridgehead atoms. The maximum atomic E-state index is 13.1. The second kappa shape index (κ2) is 7.80. The van der Waals surface area contributed by atoms with Gasteiger partial charge in [0, 0.05) is 17.2 Å². The number of hydrogen-bond donors (Lipinski definition) is 1. The molecule has 0 aliphatic heterocycles. The smallest absolute Gasteiger partial charge is 0.267 e. The summed E-state index contributed by atoms with van der Waals surface area (Å²) >= 11 is 0. The van der Waals surface area contributed by atoms with Gasteiger partial charge in [0.05, 0.1) is 16.0 Å². The van der Waals surface area contributed by atoms with Crippen LogP contribution in [-0.4, -0.2) is 27.3 Å². The lowest BCUT2D eigenvalue weighted by Gasteiger charge is -2.35. The molecule has 0 saturated heterocycles. The van der Waals surface area contributed by atoms with E-state index in [4.69, 9.17) is 0 Å². The molecule has 1 N–H and O–H groups in total. The molecule has 2 aromatic rings. The van der Waals surface area contributed by atoms with Crippen molar-refractivity contribution in [3.63, 3.8) is 0 Å². The van der Waals surface area contributed by atoms with E-state index in [-0.39, 0.29) is 22.7 Å². The van der Waals surface area contributed by atoms with Crippen molar-refractivity contribution >= 4 is 17.5 Å². The van der Waals surface area contributed by atoms with Crippen LogP contribution in [0.4, 0.5) is 5.69 Å². The number of carbonyl (C=O) groups is 2. The normalized spacial score (nSPS) is 11.1. The van der Waals surface area contributed by atoms with Crippen LogP contribution in [0.3, 0.4) is 0 Å². The minimum Gasteiger partial charge on any atom is -0.267 e. The van der Waals surface area contributed by atoms with Crippen LogP contribution < -0.4 is 5.43 Å². The highest BCUT2D eigenvalue weighted by Gasteiger charge is 2.30. The topological polar surface area (TPSA) is 92.6 Å². The zero-order chi connectivity index (χ0) is 21.2. The fourth-order valence-electron chi connectivity index (χ4n) is 2.98. The summed E-state index contributed by atoms with van der Waals surface area (Å²) in [5, 5.41) is 12.4. The minimum atomic E-state index is -0.709. The molecule has 28 heavy (non-hydrogen) atoms. The van der Waals surface area contributed by atoms with Crippen molar-refractivity contribution < 1.29 is 14.5 Å². The number of rotatable bonds is 3. The van der Waals surface area contributed by atoms with Crippen LogP contribution in [0.25, 0.3) is 0 Å². The van der Waals surface area contributed by atoms with Crippen molar-refractivity contribution in [2.75, 3.05) is 0 Å². The quantitative estimate of drug-likeness (QED) is 0.638. The lowest BCUT2D eigenvalue weighted by molar-refractivity contribution is -0.385. The molecule has 0 aliphatic carbocycles. The van der Waals surface area contributed by atoms with Gasteiger partial charge in [0.15, 0.2) is 0 Å². The van der Waals surface area contributed by atoms with Crippen LogP contribution >= 0.6 is 0 Å². The van der Waals surface area contributed by atoms with E-state index in [1.165, 1.54) is 30.1 Å². The predicted octanol–water partition coefficient (Wildman–Crippen LogP) is 4.11. The molecule has 0 aromatic heterocycles. The third-order valence-corrected chi connectivity index (χ3v) is 4.30. The molecule has 0 unspecified atom stereocenters. The molecule has 2 amide bonds. The van der Waals surface area contributed by atoms with Crippen molar-refractivity contribution in [2.24, 2.45) is 0 Å². The molecule has 0 radical (unpaired) electrons. The molecule has 0 aliphatic rings. The van der Waals surface area contributed by atoms with Gasteiger partial charge in [-0.15, -0.1) is 0 Å². The first kappa shape index (κ1) is 21.1. The Balaban J connectivity index is 2.41. The third-order valence-electron chi connectivity index (χ3n) is 4.30. The van der Waals surface area contributed by atoms with Gasteiger partial charge in [-0.1, -0.05) is 23.3 Å². The first-order chi connectivity index (χ1) is 12.9. The first-order valence-electron chi connectivity index (χ1n) is 8.89. The Kier molecular flexibility index (Phi) is 5.87. The number of benzene rings is 2. The number of hydrogen-bond acceptors (Lipinski definition) is 4. The molecule has 148 valence electrons. The SMILES string of the molecule is Cc1cc(C)cc(C(=O)N(NC(=O)c2cccc([N+](=O)[O-])c2C)C(C)(C)C)c1. The van der Waals surface area contributed by atoms with E-state index < -0.39 is 16.4 Å². The van der Waals surface area contributed by atoms with Crippen LogP contribution in [0.1, 0.15) is 58.2 Å². The summed E-state index contributed by atoms with van der Waals surface area (Å²) in [7, 11) is 0. The Bertz CT molecular complexity index is 925. The summed E-state index contributed by atoms with van der Waals surface area (Å²) in [5.41, 5.74) is 4.53. The van der Waals surface area contributed by atoms with E-state index >= 15 is 0 Å². The van der Waals surface area contributed by atoms with Gasteiger partial charge in [-0.3, -0.25) is 25.1 Å². The summed E-state index contributed by atoms with van der Waals surface area (Å²) in [6.45, 7) is 10.7. The van der Waals surface area contributed by atoms with Gasteiger partial charge >= 0.3 is 0 Å². The van der Waals surface area contributed by atoms with Gasteiger partial charge in [-0.05, 0) is 59.7 Å². The summed E-state index contributed by atoms with van der Waals surface area (Å²) < 4.78 is 0. The summed E-state index contributed by atoms with van der Waals surface area (Å²) in [6.07, 6.45) is 0. The summed E-state index contributed by atoms with van der Waals surface area (Å²) in [5.74, 6) is -0.926. The molecule has 0 heterocycles. The highest BCUT2D eigenvalue weighted by molar-refractivity contribution is 6.00. The van der Waals surface area contributed by atoms with Gasteiger partial charge in [0.25, 0.3) is 17.5 Å². The van der Waals surface area contributed by atoms with E-state index in [9.17, 15) is 19.7 Å². The molecular formula is C21H25N3O4. The van der Waals surface area contributed by atoms with E-state index in [1.54, 1.807) is 32.9 Å². The molecule has 7 nitrogen and oxygen atoms in total. The van der Waals surface area contributed by atoms with Gasteiger partial charge in [-0.2, -0.15) is 0 Å². The zero-order valence-corrected chi connectivity index (χ0v) is 17.0. The van der Waals surface area contributed by atoms with Gasteiger partial charge in [0.1, 0.15) is 0 Å². The van der Waals surface area contributed by atoms with E-state index in [2.05, 4.69) is 5.43 Å². The highest BCUT2D eigenvalue weighted by Crippen LogP contribution is 2.22. The van der Waals surface area contributed by atoms with Crippen LogP contribution in [0.15, 0.2) is 36.4 Å². The molecule has 0 atom stereocenters. The standard InChI is InChI=1S/C21H25N3O4/c1-13-10-14(2)12-16(11-13)20(26)23(21(4,5)6)22-19(25)17-8-7-9-18(15(17)3)24(27)28/h7-12H,1-6H3,(H,22,25). The van der Waals surface area contributed by atoms with Crippen molar-refractivity contribution in [3.8, 4) is 0 Å². The zero-order valence-electron chi connectivity index (χ0n) is 17.0. The van der Waals surface area contributed by atoms with Gasteiger partial charge < -0.3 is 0 Å². The fourth-order valence-corrected chi connectivity index (χ4v) is 2.98. The molecular weight excluding hydrogens is 358 g/mol. The van der Waals surface area contributed by atoms with E-state index in [0.29, 0.717) is 5.56 Å². The minimum absolute atomic E-state index is 0.143. The molecule has 2 aromatic carbocycles. The molecule has 0 saturated carbocycles. The first-order valence-corrected chi connectivity index (χ1v) is 8.89. The Labute approximate surface area is 164 Å². The van der Waals surface area contributed by atoms with Crippen molar-refractivity contribution in [1.29, 1.82) is 0 Å². The average Bonchev–Trinajstić information content (AvgIpc) is 2.56. The Morgan fingerprint density at radius 1 is 1.04 bits per heavy atom. The Morgan fingerprint density at radius 2 is 1.61 bits per heavy atom. The fraction of sp³-hybridized carbons (Fsp3) is 0.333. The van der Waals surface area contributed by atoms with Crippen molar-refractivity contribution in [1.82, 2.24) is 10.4 Å². The molecule has 0 fully saturated rings. The number of nitro benzene ring substituents is 1. The lowest BCUT2D eigenvalue weighted by Crippen LogP contribution is -2.56. The second-order valence-corrected chi connectivity index (χ2v) is 7.84. The predicted molar refractivity (Wildman–Crippen MR) is 107 cm³/mol. The molecule has 0 spiro atoms. The number of nitro groups is 1. The monoisotopic (exact) mass is 383 g/mol. The maximum absolute atomic E-state index is 13.1. The number of nitrogens with zero attached hydrogens (tertiary/aromatic N) is 2. The Morgan fingerprint density at radius 3 is 2.11 bits per heavy atom. The molecule has 7 heteroatoms. The largest absolute Gasteiger partial charge is 0.273 e. The number of nitrogens with one attached hydrogen (secondary N) is 1. The summed E-state index contributed by atoms with van der Waals surface area (Å²) in [6, 6.07) is 9.78. The van der Waals surface area contributed by atoms with E-state index in [1.807, 2.05) is 19.9 Å². The van der Waals surface area contributed by atoms with Crippen LogP contribution in [-0.2, 0) is 0 Å². The molecule has 2 rings (SSSR count). The number of amides is 2. The van der Waals surface area contributed by atoms with Crippen LogP contribution in [0.2, 0.25) is 0 Å². The summed E-state index contributed by atoms with van der Waals surface area (Å²) in [4.78, 5) is 36.6. The maximum Gasteiger partial charge on any atom is 0.273 e. The second-order valence-electron chi connectivity index (χ2n) is 7.84. The number of aryl methyl sites for hydroxylation is 2. The van der Waals surface area contributed by atoms with E-state index in [0.717, 1.165) is 11.1 Å². The third kappa shape index (κ3) is 4.54. The van der Waals surface area contributed by atoms with Crippen LogP contribution in [0, 0.1) is 30.9 Å². The number of carbonyl (C=O) groups excluding carboxylic acids is 2. The van der Waals surface area contributed by atoms with Crippen molar-refractivity contribution in [3.05, 3.63) is 74.3 Å². The highest BCUT2D eigenvalue weighted by atomic mass is 16.6. The lowest BCUT2D eigenvalue weighted by atomic mass is 10.0. The van der Waals surface area contributed by atoms with Gasteiger partial charge in [0.2, 0.25) is 0 Å².